The number of nitriles is 1. The van der Waals surface area contributed by atoms with Crippen molar-refractivity contribution in [3.8, 4) is 12.1 Å². The number of hydrogen-bond acceptors (Lipinski definition) is 9. The molecule has 0 aliphatic carbocycles. The van der Waals surface area contributed by atoms with E-state index in [1.807, 2.05) is 6.20 Å². The van der Waals surface area contributed by atoms with E-state index < -0.39 is 0 Å². The van der Waals surface area contributed by atoms with E-state index in [-0.39, 0.29) is 6.04 Å². The summed E-state index contributed by atoms with van der Waals surface area (Å²) in [6.45, 7) is 7.88. The van der Waals surface area contributed by atoms with E-state index in [0.717, 1.165) is 69.3 Å². The summed E-state index contributed by atoms with van der Waals surface area (Å²) in [6, 6.07) is 11.8. The number of fused-ring (bicyclic) bond motifs is 2. The fraction of sp³-hybridized carbons (Fsp3) is 0.533. The first-order valence-corrected chi connectivity index (χ1v) is 14.3. The molecule has 0 unspecified atom stereocenters. The van der Waals surface area contributed by atoms with Gasteiger partial charge in [0.1, 0.15) is 18.2 Å². The molecule has 2 aromatic heterocycles. The lowest BCUT2D eigenvalue weighted by atomic mass is 10.1. The van der Waals surface area contributed by atoms with Gasteiger partial charge in [0, 0.05) is 55.4 Å². The van der Waals surface area contributed by atoms with Gasteiger partial charge in [0.05, 0.1) is 24.7 Å². The van der Waals surface area contributed by atoms with Crippen LogP contribution in [0.5, 0.6) is 6.01 Å². The average molecular weight is 527 g/mol. The third-order valence-electron chi connectivity index (χ3n) is 8.49. The molecule has 2 saturated heterocycles. The van der Waals surface area contributed by atoms with Gasteiger partial charge in [0.25, 0.3) is 0 Å². The largest absolute Gasteiger partial charge is 0.462 e. The summed E-state index contributed by atoms with van der Waals surface area (Å²) in [5.74, 6) is 1.99. The third-order valence-corrected chi connectivity index (χ3v) is 8.49. The Morgan fingerprint density at radius 3 is 2.87 bits per heavy atom. The van der Waals surface area contributed by atoms with E-state index in [1.165, 1.54) is 28.3 Å². The van der Waals surface area contributed by atoms with E-state index in [9.17, 15) is 5.26 Å². The quantitative estimate of drug-likeness (QED) is 0.518. The molecular weight excluding hydrogens is 488 g/mol. The topological polar surface area (TPSA) is 93.4 Å². The minimum Gasteiger partial charge on any atom is -0.462 e. The van der Waals surface area contributed by atoms with Crippen molar-refractivity contribution < 1.29 is 4.74 Å². The van der Waals surface area contributed by atoms with Crippen LogP contribution in [0.2, 0.25) is 0 Å². The third kappa shape index (κ3) is 5.36. The summed E-state index contributed by atoms with van der Waals surface area (Å²) < 4.78 is 6.31. The van der Waals surface area contributed by atoms with Crippen LogP contribution in [0, 0.1) is 18.3 Å². The van der Waals surface area contributed by atoms with Crippen LogP contribution in [0.15, 0.2) is 30.5 Å². The molecule has 3 aromatic rings. The monoisotopic (exact) mass is 526 g/mol. The molecule has 0 bridgehead atoms. The van der Waals surface area contributed by atoms with Gasteiger partial charge >= 0.3 is 6.01 Å². The van der Waals surface area contributed by atoms with E-state index >= 15 is 0 Å². The SMILES string of the molecule is Cc1cccc2ccnc(N3CCCc4c(nc(OC[C@@H]5CCCN5C)nc4N4CCN[C@@H](CC#N)C4)C3)c12. The summed E-state index contributed by atoms with van der Waals surface area (Å²) in [6.07, 6.45) is 6.64. The summed E-state index contributed by atoms with van der Waals surface area (Å²) in [5, 5.41) is 15.2. The molecule has 39 heavy (non-hydrogen) atoms. The van der Waals surface area contributed by atoms with Crippen molar-refractivity contribution in [2.75, 3.05) is 56.2 Å². The predicted molar refractivity (Wildman–Crippen MR) is 153 cm³/mol. The van der Waals surface area contributed by atoms with Gasteiger partial charge in [0.2, 0.25) is 0 Å². The Morgan fingerprint density at radius 1 is 1.10 bits per heavy atom. The van der Waals surface area contributed by atoms with Crippen LogP contribution >= 0.6 is 0 Å². The number of likely N-dealkylation sites (tertiary alicyclic amines) is 1. The Balaban J connectivity index is 1.36. The highest BCUT2D eigenvalue weighted by atomic mass is 16.5. The number of benzene rings is 1. The molecule has 0 radical (unpaired) electrons. The number of hydrogen-bond donors (Lipinski definition) is 1. The Labute approximate surface area is 230 Å². The van der Waals surface area contributed by atoms with Gasteiger partial charge in [0.15, 0.2) is 0 Å². The average Bonchev–Trinajstić information content (AvgIpc) is 3.24. The number of aryl methyl sites for hydroxylation is 1. The van der Waals surface area contributed by atoms with Crippen molar-refractivity contribution in [2.24, 2.45) is 0 Å². The highest BCUT2D eigenvalue weighted by Crippen LogP contribution is 2.34. The minimum atomic E-state index is 0.135. The maximum Gasteiger partial charge on any atom is 0.318 e. The zero-order chi connectivity index (χ0) is 26.8. The van der Waals surface area contributed by atoms with Crippen LogP contribution in [0.1, 0.15) is 42.5 Å². The van der Waals surface area contributed by atoms with Gasteiger partial charge in [-0.3, -0.25) is 0 Å². The summed E-state index contributed by atoms with van der Waals surface area (Å²) in [4.78, 5) is 22.0. The van der Waals surface area contributed by atoms with Crippen molar-refractivity contribution in [3.05, 3.63) is 47.3 Å². The number of piperazine rings is 1. The van der Waals surface area contributed by atoms with Gasteiger partial charge in [-0.15, -0.1) is 0 Å². The number of rotatable bonds is 6. The molecule has 6 rings (SSSR count). The zero-order valence-corrected chi connectivity index (χ0v) is 23.1. The molecule has 3 aliphatic heterocycles. The molecule has 0 saturated carbocycles. The fourth-order valence-electron chi connectivity index (χ4n) is 6.35. The summed E-state index contributed by atoms with van der Waals surface area (Å²) in [5.41, 5.74) is 3.46. The number of aromatic nitrogens is 3. The second-order valence-electron chi connectivity index (χ2n) is 11.1. The van der Waals surface area contributed by atoms with Crippen LogP contribution in [0.3, 0.4) is 0 Å². The first kappa shape index (κ1) is 25.8. The normalized spacial score (nSPS) is 22.0. The lowest BCUT2D eigenvalue weighted by Gasteiger charge is -2.35. The van der Waals surface area contributed by atoms with Crippen LogP contribution in [-0.4, -0.2) is 78.3 Å². The number of pyridine rings is 1. The maximum atomic E-state index is 9.31. The van der Waals surface area contributed by atoms with E-state index in [1.54, 1.807) is 0 Å². The minimum absolute atomic E-state index is 0.135. The van der Waals surface area contributed by atoms with Gasteiger partial charge < -0.3 is 24.8 Å². The van der Waals surface area contributed by atoms with Crippen molar-refractivity contribution in [1.82, 2.24) is 25.2 Å². The maximum absolute atomic E-state index is 9.31. The molecule has 1 aromatic carbocycles. The number of nitrogens with one attached hydrogen (secondary N) is 1. The van der Waals surface area contributed by atoms with Gasteiger partial charge in [-0.1, -0.05) is 18.2 Å². The van der Waals surface area contributed by atoms with Crippen molar-refractivity contribution >= 4 is 22.4 Å². The predicted octanol–water partition coefficient (Wildman–Crippen LogP) is 3.45. The highest BCUT2D eigenvalue weighted by Gasteiger charge is 2.29. The van der Waals surface area contributed by atoms with Crippen LogP contribution in [0.4, 0.5) is 11.6 Å². The van der Waals surface area contributed by atoms with E-state index in [4.69, 9.17) is 19.7 Å². The fourth-order valence-corrected chi connectivity index (χ4v) is 6.35. The molecule has 3 aliphatic rings. The lowest BCUT2D eigenvalue weighted by Crippen LogP contribution is -2.51. The van der Waals surface area contributed by atoms with Crippen LogP contribution < -0.4 is 19.9 Å². The van der Waals surface area contributed by atoms with E-state index in [0.29, 0.717) is 31.6 Å². The number of nitrogens with zero attached hydrogens (tertiary/aromatic N) is 7. The van der Waals surface area contributed by atoms with Crippen molar-refractivity contribution in [1.29, 1.82) is 5.26 Å². The van der Waals surface area contributed by atoms with Gasteiger partial charge in [-0.05, 0) is 63.2 Å². The Hall–Kier alpha value is -3.48. The molecule has 2 fully saturated rings. The molecule has 2 atom stereocenters. The molecule has 9 nitrogen and oxygen atoms in total. The first-order valence-electron chi connectivity index (χ1n) is 14.3. The molecular formula is C30H38N8O. The van der Waals surface area contributed by atoms with E-state index in [2.05, 4.69) is 64.3 Å². The molecule has 204 valence electrons. The second kappa shape index (κ2) is 11.3. The summed E-state index contributed by atoms with van der Waals surface area (Å²) in [7, 11) is 2.16. The second-order valence-corrected chi connectivity index (χ2v) is 11.1. The Bertz CT molecular complexity index is 1370. The standard InChI is InChI=1S/C30H38N8O/c1-21-6-3-7-22-11-13-33-29(27(21)22)37-16-5-9-25-26(19-37)34-30(39-20-24-8-4-15-36(24)2)35-28(25)38-17-14-32-23(18-38)10-12-31/h3,6-7,11,13,23-24,32H,4-5,8-10,14-20H2,1-2H3/t23-,24-/m0/s1. The number of anilines is 2. The summed E-state index contributed by atoms with van der Waals surface area (Å²) >= 11 is 0. The molecule has 0 spiro atoms. The molecule has 5 heterocycles. The lowest BCUT2D eigenvalue weighted by molar-refractivity contribution is 0.187. The van der Waals surface area contributed by atoms with Gasteiger partial charge in [-0.25, -0.2) is 4.98 Å². The van der Waals surface area contributed by atoms with Crippen LogP contribution in [-0.2, 0) is 13.0 Å². The smallest absolute Gasteiger partial charge is 0.318 e. The first-order chi connectivity index (χ1) is 19.1. The zero-order valence-electron chi connectivity index (χ0n) is 23.1. The van der Waals surface area contributed by atoms with Crippen molar-refractivity contribution in [2.45, 2.75) is 57.7 Å². The number of likely N-dealkylation sites (N-methyl/N-ethyl adjacent to an activating group) is 1. The molecule has 1 N–H and O–H groups in total. The van der Waals surface area contributed by atoms with Crippen LogP contribution in [0.25, 0.3) is 10.8 Å². The highest BCUT2D eigenvalue weighted by molar-refractivity contribution is 5.94. The Kier molecular flexibility index (Phi) is 7.49. The number of ether oxygens (including phenoxy) is 1. The molecule has 0 amide bonds. The van der Waals surface area contributed by atoms with Gasteiger partial charge in [-0.2, -0.15) is 15.2 Å². The van der Waals surface area contributed by atoms with Crippen molar-refractivity contribution in [3.63, 3.8) is 0 Å². The molecule has 9 heteroatoms. The Morgan fingerprint density at radius 2 is 2.03 bits per heavy atom.